The molecule has 2 aromatic carbocycles. The maximum Gasteiger partial charge on any atom is 0.336 e. The summed E-state index contributed by atoms with van der Waals surface area (Å²) in [6.07, 6.45) is 0.332. The van der Waals surface area contributed by atoms with E-state index in [9.17, 15) is 9.18 Å². The summed E-state index contributed by atoms with van der Waals surface area (Å²) in [7, 11) is 0. The molecule has 3 rings (SSSR count). The Morgan fingerprint density at radius 3 is 2.47 bits per heavy atom. The number of hydrogen-bond donors (Lipinski definition) is 1. The molecule has 7 heteroatoms. The van der Waals surface area contributed by atoms with Gasteiger partial charge in [0, 0.05) is 17.7 Å². The lowest BCUT2D eigenvalue weighted by atomic mass is 9.92. The Balaban J connectivity index is 1.90. The number of amides is 1. The van der Waals surface area contributed by atoms with E-state index in [1.807, 2.05) is 46.8 Å². The maximum atomic E-state index is 13.8. The number of rotatable bonds is 6. The van der Waals surface area contributed by atoms with Crippen molar-refractivity contribution in [2.45, 2.75) is 47.1 Å². The highest BCUT2D eigenvalue weighted by Gasteiger charge is 2.18. The molecule has 0 atom stereocenters. The van der Waals surface area contributed by atoms with E-state index in [1.54, 1.807) is 28.9 Å². The first-order valence-electron chi connectivity index (χ1n) is 9.91. The fourth-order valence-corrected chi connectivity index (χ4v) is 2.92. The van der Waals surface area contributed by atoms with Crippen LogP contribution in [0.5, 0.6) is 6.01 Å². The Morgan fingerprint density at radius 2 is 1.87 bits per heavy atom. The molecule has 0 aliphatic rings. The van der Waals surface area contributed by atoms with E-state index in [4.69, 9.17) is 4.74 Å². The van der Waals surface area contributed by atoms with E-state index >= 15 is 0 Å². The predicted octanol–water partition coefficient (Wildman–Crippen LogP) is 5.24. The molecule has 1 aromatic heterocycles. The van der Waals surface area contributed by atoms with Gasteiger partial charge in [-0.25, -0.2) is 9.07 Å². The van der Waals surface area contributed by atoms with Gasteiger partial charge in [-0.3, -0.25) is 4.79 Å². The summed E-state index contributed by atoms with van der Waals surface area (Å²) >= 11 is 0. The Kier molecular flexibility index (Phi) is 6.20. The topological polar surface area (TPSA) is 69.0 Å². The summed E-state index contributed by atoms with van der Waals surface area (Å²) in [5, 5.41) is 7.34. The van der Waals surface area contributed by atoms with Gasteiger partial charge in [-0.1, -0.05) is 32.9 Å². The highest BCUT2D eigenvalue weighted by atomic mass is 19.1. The first kappa shape index (κ1) is 21.5. The lowest BCUT2D eigenvalue weighted by Gasteiger charge is -2.17. The van der Waals surface area contributed by atoms with Gasteiger partial charge < -0.3 is 10.1 Å². The summed E-state index contributed by atoms with van der Waals surface area (Å²) in [4.78, 5) is 16.6. The summed E-state index contributed by atoms with van der Waals surface area (Å²) in [5.41, 5.74) is 1.91. The number of ether oxygens (including phenoxy) is 1. The highest BCUT2D eigenvalue weighted by Crippen LogP contribution is 2.26. The molecule has 158 valence electrons. The van der Waals surface area contributed by atoms with Crippen molar-refractivity contribution in [2.24, 2.45) is 5.41 Å². The molecule has 0 aliphatic heterocycles. The third kappa shape index (κ3) is 5.65. The molecular weight excluding hydrogens is 383 g/mol. The molecule has 1 heterocycles. The number of hydrogen-bond acceptors (Lipinski definition) is 4. The Morgan fingerprint density at radius 1 is 1.17 bits per heavy atom. The van der Waals surface area contributed by atoms with E-state index in [1.165, 1.54) is 12.1 Å². The quantitative estimate of drug-likeness (QED) is 0.604. The van der Waals surface area contributed by atoms with Crippen molar-refractivity contribution < 1.29 is 13.9 Å². The summed E-state index contributed by atoms with van der Waals surface area (Å²) in [6.45, 7) is 9.83. The largest absolute Gasteiger partial charge is 0.460 e. The molecule has 0 unspecified atom stereocenters. The molecule has 0 spiro atoms. The second-order valence-corrected chi connectivity index (χ2v) is 8.64. The van der Waals surface area contributed by atoms with Crippen molar-refractivity contribution in [3.05, 3.63) is 54.3 Å². The SMILES string of the molecule is CC(C)Oc1nc(-c2cccc(F)c2)n(-c2ccc(NC(=O)CC(C)(C)C)cc2)n1. The number of carbonyl (C=O) groups is 1. The smallest absolute Gasteiger partial charge is 0.336 e. The summed E-state index contributed by atoms with van der Waals surface area (Å²) < 4.78 is 21.0. The number of halogens is 1. The van der Waals surface area contributed by atoms with E-state index in [2.05, 4.69) is 15.4 Å². The van der Waals surface area contributed by atoms with Crippen molar-refractivity contribution in [2.75, 3.05) is 5.32 Å². The number of aromatic nitrogens is 3. The first-order valence-corrected chi connectivity index (χ1v) is 9.91. The standard InChI is InChI=1S/C23H27FN4O2/c1-15(2)30-22-26-21(16-7-6-8-17(24)13-16)28(27-22)19-11-9-18(10-12-19)25-20(29)14-23(3,4)5/h6-13,15H,14H2,1-5H3,(H,25,29). The van der Waals surface area contributed by atoms with E-state index in [0.29, 0.717) is 29.2 Å². The van der Waals surface area contributed by atoms with Gasteiger partial charge in [-0.2, -0.15) is 4.98 Å². The average molecular weight is 410 g/mol. The minimum Gasteiger partial charge on any atom is -0.460 e. The predicted molar refractivity (Wildman–Crippen MR) is 115 cm³/mol. The van der Waals surface area contributed by atoms with Gasteiger partial charge in [0.25, 0.3) is 0 Å². The van der Waals surface area contributed by atoms with Crippen LogP contribution >= 0.6 is 0 Å². The number of benzene rings is 2. The molecule has 0 saturated carbocycles. The minimum absolute atomic E-state index is 0.0379. The minimum atomic E-state index is -0.356. The van der Waals surface area contributed by atoms with Crippen LogP contribution in [0.3, 0.4) is 0 Å². The lowest BCUT2D eigenvalue weighted by molar-refractivity contribution is -0.117. The van der Waals surface area contributed by atoms with Crippen molar-refractivity contribution in [1.82, 2.24) is 14.8 Å². The zero-order chi connectivity index (χ0) is 21.9. The van der Waals surface area contributed by atoms with Crippen LogP contribution in [-0.4, -0.2) is 26.8 Å². The Bertz CT molecular complexity index is 1020. The van der Waals surface area contributed by atoms with Crippen LogP contribution in [0.15, 0.2) is 48.5 Å². The highest BCUT2D eigenvalue weighted by molar-refractivity contribution is 5.91. The third-order valence-electron chi connectivity index (χ3n) is 4.10. The van der Waals surface area contributed by atoms with Crippen LogP contribution in [0.4, 0.5) is 10.1 Å². The normalized spacial score (nSPS) is 11.6. The van der Waals surface area contributed by atoms with Crippen LogP contribution in [0.2, 0.25) is 0 Å². The molecule has 1 amide bonds. The third-order valence-corrected chi connectivity index (χ3v) is 4.10. The second-order valence-electron chi connectivity index (χ2n) is 8.64. The van der Waals surface area contributed by atoms with Crippen LogP contribution in [0.25, 0.3) is 17.1 Å². The zero-order valence-corrected chi connectivity index (χ0v) is 17.9. The monoisotopic (exact) mass is 410 g/mol. The van der Waals surface area contributed by atoms with E-state index in [-0.39, 0.29) is 29.3 Å². The molecule has 6 nitrogen and oxygen atoms in total. The fourth-order valence-electron chi connectivity index (χ4n) is 2.92. The van der Waals surface area contributed by atoms with Gasteiger partial charge >= 0.3 is 6.01 Å². The van der Waals surface area contributed by atoms with Crippen molar-refractivity contribution >= 4 is 11.6 Å². The van der Waals surface area contributed by atoms with Crippen LogP contribution in [-0.2, 0) is 4.79 Å². The van der Waals surface area contributed by atoms with Gasteiger partial charge in [-0.15, -0.1) is 5.10 Å². The van der Waals surface area contributed by atoms with Gasteiger partial charge in [0.15, 0.2) is 5.82 Å². The Labute approximate surface area is 176 Å². The Hall–Kier alpha value is -3.22. The molecular formula is C23H27FN4O2. The molecule has 0 bridgehead atoms. The van der Waals surface area contributed by atoms with Crippen LogP contribution in [0.1, 0.15) is 41.0 Å². The molecule has 0 aliphatic carbocycles. The molecule has 1 N–H and O–H groups in total. The van der Waals surface area contributed by atoms with Gasteiger partial charge in [0.2, 0.25) is 5.91 Å². The molecule has 0 fully saturated rings. The van der Waals surface area contributed by atoms with Gasteiger partial charge in [-0.05, 0) is 55.7 Å². The molecule has 3 aromatic rings. The number of anilines is 1. The van der Waals surface area contributed by atoms with Gasteiger partial charge in [0.1, 0.15) is 5.82 Å². The summed E-state index contributed by atoms with van der Waals surface area (Å²) in [6, 6.07) is 13.6. The van der Waals surface area contributed by atoms with Gasteiger partial charge in [0.05, 0.1) is 11.8 Å². The van der Waals surface area contributed by atoms with Crippen LogP contribution in [0, 0.1) is 11.2 Å². The molecule has 0 saturated heterocycles. The second kappa shape index (κ2) is 8.65. The molecule has 30 heavy (non-hydrogen) atoms. The lowest BCUT2D eigenvalue weighted by Crippen LogP contribution is -2.19. The van der Waals surface area contributed by atoms with Crippen molar-refractivity contribution in [3.8, 4) is 23.1 Å². The number of nitrogens with one attached hydrogen (secondary N) is 1. The summed E-state index contributed by atoms with van der Waals surface area (Å²) in [5.74, 6) is 0.0732. The van der Waals surface area contributed by atoms with Crippen molar-refractivity contribution in [1.29, 1.82) is 0 Å². The van der Waals surface area contributed by atoms with Crippen LogP contribution < -0.4 is 10.1 Å². The van der Waals surface area contributed by atoms with E-state index < -0.39 is 0 Å². The average Bonchev–Trinajstić information content (AvgIpc) is 3.04. The van der Waals surface area contributed by atoms with Crippen molar-refractivity contribution in [3.63, 3.8) is 0 Å². The number of carbonyl (C=O) groups excluding carboxylic acids is 1. The number of nitrogens with zero attached hydrogens (tertiary/aromatic N) is 3. The fraction of sp³-hybridized carbons (Fsp3) is 0.348. The maximum absolute atomic E-state index is 13.8. The zero-order valence-electron chi connectivity index (χ0n) is 17.9. The first-order chi connectivity index (χ1) is 14.1. The molecule has 0 radical (unpaired) electrons. The van der Waals surface area contributed by atoms with E-state index in [0.717, 1.165) is 0 Å².